The molecule has 2 aliphatic rings. The van der Waals surface area contributed by atoms with Gasteiger partial charge in [0.05, 0.1) is 0 Å². The molecule has 2 atom stereocenters. The minimum atomic E-state index is 0.877. The molecule has 1 nitrogen and oxygen atoms in total. The van der Waals surface area contributed by atoms with Crippen LogP contribution in [0.5, 0.6) is 0 Å². The highest BCUT2D eigenvalue weighted by atomic mass is 15.2. The maximum absolute atomic E-state index is 2.77. The molecular formula is C11H21N. The Bertz CT molecular complexity index is 144. The zero-order chi connectivity index (χ0) is 8.39. The van der Waals surface area contributed by atoms with Gasteiger partial charge in [0.1, 0.15) is 0 Å². The molecule has 0 aromatic carbocycles. The number of fused-ring (bicyclic) bond motifs is 1. The first-order valence-corrected chi connectivity index (χ1v) is 5.63. The molecule has 12 heavy (non-hydrogen) atoms. The Morgan fingerprint density at radius 3 is 2.67 bits per heavy atom. The van der Waals surface area contributed by atoms with Crippen molar-refractivity contribution in [2.24, 2.45) is 0 Å². The minimum Gasteiger partial charge on any atom is -0.298 e. The lowest BCUT2D eigenvalue weighted by Crippen LogP contribution is -2.44. The first kappa shape index (κ1) is 8.55. The van der Waals surface area contributed by atoms with E-state index in [-0.39, 0.29) is 0 Å². The fraction of sp³-hybridized carbons (Fsp3) is 1.00. The molecule has 70 valence electrons. The highest BCUT2D eigenvalue weighted by molar-refractivity contribution is 4.83. The molecule has 2 heterocycles. The van der Waals surface area contributed by atoms with Gasteiger partial charge in [-0.25, -0.2) is 0 Å². The molecule has 0 aliphatic carbocycles. The summed E-state index contributed by atoms with van der Waals surface area (Å²) in [6.45, 7) is 3.79. The third kappa shape index (κ3) is 1.66. The van der Waals surface area contributed by atoms with Gasteiger partial charge in [0.2, 0.25) is 0 Å². The molecule has 0 amide bonds. The van der Waals surface area contributed by atoms with Crippen LogP contribution in [0.15, 0.2) is 0 Å². The molecule has 0 radical (unpaired) electrons. The molecule has 2 rings (SSSR count). The Hall–Kier alpha value is -0.0400. The van der Waals surface area contributed by atoms with E-state index in [1.165, 1.54) is 51.5 Å². The van der Waals surface area contributed by atoms with Crippen molar-refractivity contribution in [3.05, 3.63) is 0 Å². The van der Waals surface area contributed by atoms with Gasteiger partial charge in [-0.15, -0.1) is 0 Å². The normalized spacial score (nSPS) is 38.8. The van der Waals surface area contributed by atoms with E-state index in [0.717, 1.165) is 12.1 Å². The van der Waals surface area contributed by atoms with Crippen LogP contribution in [0.4, 0.5) is 0 Å². The van der Waals surface area contributed by atoms with Gasteiger partial charge in [0, 0.05) is 12.1 Å². The number of piperidine rings is 1. The van der Waals surface area contributed by atoms with Crippen LogP contribution in [0.1, 0.15) is 51.9 Å². The lowest BCUT2D eigenvalue weighted by Gasteiger charge is -2.39. The highest BCUT2D eigenvalue weighted by Crippen LogP contribution is 2.28. The quantitative estimate of drug-likeness (QED) is 0.536. The van der Waals surface area contributed by atoms with E-state index >= 15 is 0 Å². The van der Waals surface area contributed by atoms with Gasteiger partial charge in [0.15, 0.2) is 0 Å². The number of hydrogen-bond donors (Lipinski definition) is 0. The zero-order valence-electron chi connectivity index (χ0n) is 8.26. The Morgan fingerprint density at radius 1 is 0.917 bits per heavy atom. The molecule has 0 bridgehead atoms. The molecule has 2 unspecified atom stereocenters. The SMILES string of the molecule is CC1CCCC2CCCCCN12. The van der Waals surface area contributed by atoms with Crippen LogP contribution in [0, 0.1) is 0 Å². The first-order chi connectivity index (χ1) is 5.88. The fourth-order valence-electron chi connectivity index (χ4n) is 2.90. The molecule has 2 fully saturated rings. The highest BCUT2D eigenvalue weighted by Gasteiger charge is 2.28. The number of rotatable bonds is 0. The smallest absolute Gasteiger partial charge is 0.00980 e. The van der Waals surface area contributed by atoms with Crippen molar-refractivity contribution in [3.63, 3.8) is 0 Å². The molecule has 1 heteroatoms. The second-order valence-electron chi connectivity index (χ2n) is 4.52. The Morgan fingerprint density at radius 2 is 1.75 bits per heavy atom. The molecule has 0 N–H and O–H groups in total. The van der Waals surface area contributed by atoms with Gasteiger partial charge < -0.3 is 0 Å². The summed E-state index contributed by atoms with van der Waals surface area (Å²) in [4.78, 5) is 2.77. The van der Waals surface area contributed by atoms with Crippen molar-refractivity contribution in [1.29, 1.82) is 0 Å². The maximum atomic E-state index is 2.77. The van der Waals surface area contributed by atoms with Crippen molar-refractivity contribution >= 4 is 0 Å². The molecule has 0 saturated carbocycles. The predicted octanol–water partition coefficient (Wildman–Crippen LogP) is 2.80. The first-order valence-electron chi connectivity index (χ1n) is 5.63. The summed E-state index contributed by atoms with van der Waals surface area (Å²) in [7, 11) is 0. The largest absolute Gasteiger partial charge is 0.298 e. The van der Waals surface area contributed by atoms with Crippen molar-refractivity contribution in [2.45, 2.75) is 64.0 Å². The Kier molecular flexibility index (Phi) is 2.69. The van der Waals surface area contributed by atoms with Gasteiger partial charge in [0.25, 0.3) is 0 Å². The zero-order valence-corrected chi connectivity index (χ0v) is 8.26. The molecule has 0 spiro atoms. The van der Waals surface area contributed by atoms with Crippen molar-refractivity contribution in [3.8, 4) is 0 Å². The third-order valence-corrected chi connectivity index (χ3v) is 3.65. The van der Waals surface area contributed by atoms with E-state index in [9.17, 15) is 0 Å². The average molecular weight is 167 g/mol. The van der Waals surface area contributed by atoms with Crippen LogP contribution in [0.3, 0.4) is 0 Å². The lowest BCUT2D eigenvalue weighted by molar-refractivity contribution is 0.0963. The Labute approximate surface area is 76.1 Å². The third-order valence-electron chi connectivity index (χ3n) is 3.65. The van der Waals surface area contributed by atoms with Crippen LogP contribution in [0.25, 0.3) is 0 Å². The summed E-state index contributed by atoms with van der Waals surface area (Å²) in [5, 5.41) is 0. The monoisotopic (exact) mass is 167 g/mol. The van der Waals surface area contributed by atoms with Crippen LogP contribution in [-0.4, -0.2) is 23.5 Å². The van der Waals surface area contributed by atoms with E-state index in [1.54, 1.807) is 0 Å². The van der Waals surface area contributed by atoms with Crippen LogP contribution >= 0.6 is 0 Å². The Balaban J connectivity index is 2.00. The second-order valence-corrected chi connectivity index (χ2v) is 4.52. The molecule has 0 aromatic heterocycles. The number of nitrogens with zero attached hydrogens (tertiary/aromatic N) is 1. The van der Waals surface area contributed by atoms with Crippen LogP contribution in [-0.2, 0) is 0 Å². The van der Waals surface area contributed by atoms with Crippen molar-refractivity contribution < 1.29 is 0 Å². The standard InChI is InChI=1S/C11H21N/c1-10-6-5-8-11-7-3-2-4-9-12(10)11/h10-11H,2-9H2,1H3. The van der Waals surface area contributed by atoms with Gasteiger partial charge in [-0.3, -0.25) is 4.90 Å². The van der Waals surface area contributed by atoms with Crippen LogP contribution in [0.2, 0.25) is 0 Å². The summed E-state index contributed by atoms with van der Waals surface area (Å²) in [5.74, 6) is 0. The summed E-state index contributed by atoms with van der Waals surface area (Å²) in [6.07, 6.45) is 10.3. The maximum Gasteiger partial charge on any atom is 0.00980 e. The van der Waals surface area contributed by atoms with E-state index in [2.05, 4.69) is 11.8 Å². The average Bonchev–Trinajstić information content (AvgIpc) is 2.30. The summed E-state index contributed by atoms with van der Waals surface area (Å²) >= 11 is 0. The van der Waals surface area contributed by atoms with E-state index in [4.69, 9.17) is 0 Å². The van der Waals surface area contributed by atoms with Gasteiger partial charge in [-0.05, 0) is 39.2 Å². The summed E-state index contributed by atoms with van der Waals surface area (Å²) in [6, 6.07) is 1.83. The molecular weight excluding hydrogens is 146 g/mol. The predicted molar refractivity (Wildman–Crippen MR) is 52.3 cm³/mol. The molecule has 2 aliphatic heterocycles. The molecule has 2 saturated heterocycles. The minimum absolute atomic E-state index is 0.877. The van der Waals surface area contributed by atoms with E-state index < -0.39 is 0 Å². The fourth-order valence-corrected chi connectivity index (χ4v) is 2.90. The number of hydrogen-bond acceptors (Lipinski definition) is 1. The summed E-state index contributed by atoms with van der Waals surface area (Å²) < 4.78 is 0. The van der Waals surface area contributed by atoms with Crippen molar-refractivity contribution in [2.75, 3.05) is 6.54 Å². The summed E-state index contributed by atoms with van der Waals surface area (Å²) in [5.41, 5.74) is 0. The second kappa shape index (κ2) is 3.78. The van der Waals surface area contributed by atoms with Crippen molar-refractivity contribution in [1.82, 2.24) is 4.90 Å². The van der Waals surface area contributed by atoms with Gasteiger partial charge in [-0.2, -0.15) is 0 Å². The van der Waals surface area contributed by atoms with Gasteiger partial charge >= 0.3 is 0 Å². The van der Waals surface area contributed by atoms with E-state index in [1.807, 2.05) is 0 Å². The topological polar surface area (TPSA) is 3.24 Å². The van der Waals surface area contributed by atoms with Gasteiger partial charge in [-0.1, -0.05) is 19.3 Å². The lowest BCUT2D eigenvalue weighted by atomic mass is 9.94. The molecule has 0 aromatic rings. The van der Waals surface area contributed by atoms with E-state index in [0.29, 0.717) is 0 Å². The van der Waals surface area contributed by atoms with Crippen LogP contribution < -0.4 is 0 Å².